The number of likely N-dealkylation sites (N-methyl/N-ethyl adjacent to an activating group) is 1. The van der Waals surface area contributed by atoms with Gasteiger partial charge in [-0.15, -0.1) is 0 Å². The Morgan fingerprint density at radius 1 is 1.53 bits per heavy atom. The van der Waals surface area contributed by atoms with E-state index in [1.54, 1.807) is 19.0 Å². The molecule has 1 aromatic heterocycles. The molecule has 0 spiro atoms. The molecule has 8 nitrogen and oxygen atoms in total. The van der Waals surface area contributed by atoms with Crippen molar-refractivity contribution >= 4 is 5.91 Å². The molecule has 1 radical (unpaired) electrons. The molecule has 2 N–H and O–H groups in total. The van der Waals surface area contributed by atoms with E-state index in [0.717, 1.165) is 4.57 Å². The van der Waals surface area contributed by atoms with Gasteiger partial charge in [-0.3, -0.25) is 19.0 Å². The van der Waals surface area contributed by atoms with Gasteiger partial charge >= 0.3 is 11.1 Å². The quantitative estimate of drug-likeness (QED) is 0.550. The fourth-order valence-corrected chi connectivity index (χ4v) is 1.15. The summed E-state index contributed by atoms with van der Waals surface area (Å²) in [4.78, 5) is 35.2. The summed E-state index contributed by atoms with van der Waals surface area (Å²) in [7, 11) is 3.55. The van der Waals surface area contributed by atoms with Crippen molar-refractivity contribution in [1.82, 2.24) is 25.0 Å². The number of rotatable bonds is 5. The van der Waals surface area contributed by atoms with Crippen molar-refractivity contribution in [3.63, 3.8) is 0 Å². The number of amides is 1. The maximum atomic E-state index is 11.3. The van der Waals surface area contributed by atoms with Gasteiger partial charge in [0.1, 0.15) is 0 Å². The first-order chi connectivity index (χ1) is 8.00. The lowest BCUT2D eigenvalue weighted by Crippen LogP contribution is -2.40. The topological polar surface area (TPSA) is 100 Å². The number of hydrogen-bond donors (Lipinski definition) is 2. The number of hydrogen-bond acceptors (Lipinski definition) is 5. The molecule has 0 aliphatic rings. The van der Waals surface area contributed by atoms with Crippen molar-refractivity contribution in [3.8, 4) is 0 Å². The zero-order chi connectivity index (χ0) is 12.8. The Hall–Kier alpha value is -1.96. The molecule has 1 amide bonds. The van der Waals surface area contributed by atoms with Crippen LogP contribution < -0.4 is 16.4 Å². The second-order valence-corrected chi connectivity index (χ2v) is 3.70. The van der Waals surface area contributed by atoms with Crippen molar-refractivity contribution in [2.75, 3.05) is 27.2 Å². The van der Waals surface area contributed by atoms with Crippen LogP contribution in [0.1, 0.15) is 0 Å². The number of aromatic nitrogens is 3. The third-order valence-electron chi connectivity index (χ3n) is 1.88. The summed E-state index contributed by atoms with van der Waals surface area (Å²) >= 11 is 0. The van der Waals surface area contributed by atoms with E-state index in [0.29, 0.717) is 0 Å². The highest BCUT2D eigenvalue weighted by Crippen LogP contribution is 1.76. The maximum absolute atomic E-state index is 11.3. The number of carbonyl (C=O) groups is 1. The lowest BCUT2D eigenvalue weighted by molar-refractivity contribution is -0.121. The van der Waals surface area contributed by atoms with Crippen LogP contribution in [0, 0.1) is 6.33 Å². The fourth-order valence-electron chi connectivity index (χ4n) is 1.15. The molecule has 0 aliphatic heterocycles. The molecular formula is C9H14N5O3. The van der Waals surface area contributed by atoms with E-state index in [1.807, 2.05) is 5.10 Å². The Balaban J connectivity index is 2.47. The zero-order valence-corrected chi connectivity index (χ0v) is 9.69. The van der Waals surface area contributed by atoms with Crippen LogP contribution in [0.15, 0.2) is 9.59 Å². The second kappa shape index (κ2) is 5.94. The Labute approximate surface area is 97.3 Å². The highest BCUT2D eigenvalue weighted by molar-refractivity contribution is 5.77. The summed E-state index contributed by atoms with van der Waals surface area (Å²) in [5.74, 6) is -0.152. The van der Waals surface area contributed by atoms with Crippen molar-refractivity contribution in [2.24, 2.45) is 0 Å². The van der Waals surface area contributed by atoms with Crippen LogP contribution in [-0.2, 0) is 11.3 Å². The van der Waals surface area contributed by atoms with Crippen LogP contribution in [0.4, 0.5) is 0 Å². The minimum atomic E-state index is -0.802. The summed E-state index contributed by atoms with van der Waals surface area (Å²) in [6, 6.07) is 0. The molecule has 93 valence electrons. The monoisotopic (exact) mass is 240 g/mol. The van der Waals surface area contributed by atoms with E-state index in [2.05, 4.69) is 16.7 Å². The molecular weight excluding hydrogens is 226 g/mol. The number of carbonyl (C=O) groups excluding carboxylic acids is 1. The van der Waals surface area contributed by atoms with Crippen LogP contribution in [-0.4, -0.2) is 52.8 Å². The molecule has 1 rings (SSSR count). The summed E-state index contributed by atoms with van der Waals surface area (Å²) in [6.45, 7) is 0.676. The largest absolute Gasteiger partial charge is 0.353 e. The third-order valence-corrected chi connectivity index (χ3v) is 1.88. The van der Waals surface area contributed by atoms with Crippen molar-refractivity contribution in [3.05, 3.63) is 27.0 Å². The Kier molecular flexibility index (Phi) is 4.58. The van der Waals surface area contributed by atoms with Gasteiger partial charge in [0.05, 0.1) is 6.54 Å². The first-order valence-electron chi connectivity index (χ1n) is 4.99. The normalized spacial score (nSPS) is 10.5. The van der Waals surface area contributed by atoms with Crippen molar-refractivity contribution < 1.29 is 4.79 Å². The summed E-state index contributed by atoms with van der Waals surface area (Å²) in [6.07, 6.45) is 2.33. The van der Waals surface area contributed by atoms with Gasteiger partial charge in [-0.2, -0.15) is 5.10 Å². The zero-order valence-electron chi connectivity index (χ0n) is 9.69. The highest BCUT2D eigenvalue weighted by Gasteiger charge is 2.04. The first kappa shape index (κ1) is 13.1. The van der Waals surface area contributed by atoms with E-state index >= 15 is 0 Å². The summed E-state index contributed by atoms with van der Waals surface area (Å²) in [5, 5.41) is 7.96. The van der Waals surface area contributed by atoms with Gasteiger partial charge in [-0.1, -0.05) is 0 Å². The van der Waals surface area contributed by atoms with Gasteiger partial charge in [-0.05, 0) is 14.1 Å². The molecule has 1 aromatic rings. The molecule has 0 saturated carbocycles. The van der Waals surface area contributed by atoms with E-state index in [9.17, 15) is 14.4 Å². The smallest absolute Gasteiger partial charge is 0.330 e. The molecule has 0 fully saturated rings. The molecule has 0 saturated heterocycles. The second-order valence-electron chi connectivity index (χ2n) is 3.70. The van der Waals surface area contributed by atoms with Gasteiger partial charge in [0.15, 0.2) is 0 Å². The molecule has 17 heavy (non-hydrogen) atoms. The fraction of sp³-hybridized carbons (Fsp3) is 0.556. The molecule has 0 atom stereocenters. The molecule has 8 heteroatoms. The Morgan fingerprint density at radius 2 is 2.24 bits per heavy atom. The predicted molar refractivity (Wildman–Crippen MR) is 59.5 cm³/mol. The Morgan fingerprint density at radius 3 is 2.88 bits per heavy atom. The lowest BCUT2D eigenvalue weighted by Gasteiger charge is -2.10. The minimum Gasteiger partial charge on any atom is -0.353 e. The minimum absolute atomic E-state index is 0.152. The first-order valence-corrected chi connectivity index (χ1v) is 4.99. The van der Waals surface area contributed by atoms with Crippen LogP contribution in [0.25, 0.3) is 0 Å². The molecule has 0 bridgehead atoms. The number of H-pyrrole nitrogens is 1. The van der Waals surface area contributed by atoms with Crippen molar-refractivity contribution in [2.45, 2.75) is 6.54 Å². The molecule has 1 heterocycles. The number of aromatic amines is 1. The van der Waals surface area contributed by atoms with Crippen LogP contribution >= 0.6 is 0 Å². The van der Waals surface area contributed by atoms with Gasteiger partial charge in [0.25, 0.3) is 0 Å². The predicted octanol–water partition coefficient (Wildman–Crippen LogP) is -2.59. The molecule has 0 aliphatic carbocycles. The van der Waals surface area contributed by atoms with Crippen LogP contribution in [0.2, 0.25) is 0 Å². The maximum Gasteiger partial charge on any atom is 0.330 e. The van der Waals surface area contributed by atoms with Gasteiger partial charge in [-0.25, -0.2) is 5.10 Å². The highest BCUT2D eigenvalue weighted by atomic mass is 16.2. The molecule has 0 aromatic carbocycles. The van der Waals surface area contributed by atoms with Crippen LogP contribution in [0.3, 0.4) is 0 Å². The number of nitrogens with zero attached hydrogens (tertiary/aromatic N) is 3. The van der Waals surface area contributed by atoms with Crippen LogP contribution in [0.5, 0.6) is 0 Å². The van der Waals surface area contributed by atoms with Gasteiger partial charge in [0.2, 0.25) is 12.2 Å². The molecule has 0 unspecified atom stereocenters. The van der Waals surface area contributed by atoms with Gasteiger partial charge < -0.3 is 10.2 Å². The van der Waals surface area contributed by atoms with Gasteiger partial charge in [0, 0.05) is 13.1 Å². The lowest BCUT2D eigenvalue weighted by atomic mass is 10.5. The SMILES string of the molecule is CN(C)CC(=O)NCCn1[c]n[nH]c(=O)c1=O. The van der Waals surface area contributed by atoms with E-state index < -0.39 is 11.1 Å². The Bertz CT molecular complexity index is 490. The van der Waals surface area contributed by atoms with E-state index in [-0.39, 0.29) is 25.5 Å². The third kappa shape index (κ3) is 4.19. The average molecular weight is 240 g/mol. The average Bonchev–Trinajstić information content (AvgIpc) is 2.23. The number of nitrogens with one attached hydrogen (secondary N) is 2. The summed E-state index contributed by atoms with van der Waals surface area (Å²) in [5.41, 5.74) is -1.54. The standard InChI is InChI=1S/C9H14N5O3/c1-13(2)5-7(15)10-3-4-14-6-11-12-8(16)9(14)17/h3-5H2,1-2H3,(H,10,15)(H,12,16). The van der Waals surface area contributed by atoms with Crippen molar-refractivity contribution in [1.29, 1.82) is 0 Å². The van der Waals surface area contributed by atoms with E-state index in [4.69, 9.17) is 0 Å². The summed E-state index contributed by atoms with van der Waals surface area (Å²) < 4.78 is 1.02. The van der Waals surface area contributed by atoms with E-state index in [1.165, 1.54) is 0 Å².